The highest BCUT2D eigenvalue weighted by molar-refractivity contribution is 5.64. The van der Waals surface area contributed by atoms with Gasteiger partial charge in [-0.05, 0) is 6.42 Å². The van der Waals surface area contributed by atoms with Crippen molar-refractivity contribution in [1.82, 2.24) is 5.32 Å². The number of amides is 1. The van der Waals surface area contributed by atoms with Gasteiger partial charge in [0.05, 0.1) is 0 Å². The first kappa shape index (κ1) is 11.9. The zero-order valence-corrected chi connectivity index (χ0v) is 6.09. The zero-order chi connectivity index (χ0) is 7.11. The third-order valence-corrected chi connectivity index (χ3v) is 1.06. The maximum absolute atomic E-state index is 9.85. The summed E-state index contributed by atoms with van der Waals surface area (Å²) in [7, 11) is 0. The minimum Gasteiger partial charge on any atom is -0.465 e. The molecule has 10 heavy (non-hydrogen) atoms. The van der Waals surface area contributed by atoms with Gasteiger partial charge in [-0.25, -0.2) is 4.79 Å². The van der Waals surface area contributed by atoms with Crippen molar-refractivity contribution in [2.24, 2.45) is 0 Å². The van der Waals surface area contributed by atoms with E-state index in [1.54, 1.807) is 0 Å². The van der Waals surface area contributed by atoms with E-state index in [1.165, 1.54) is 0 Å². The summed E-state index contributed by atoms with van der Waals surface area (Å²) in [4.78, 5) is 9.85. The molecule has 62 valence electrons. The Morgan fingerprint density at radius 2 is 2.10 bits per heavy atom. The number of carboxylic acid groups (broad SMARTS) is 1. The van der Waals surface area contributed by atoms with E-state index in [4.69, 9.17) is 5.11 Å². The standard InChI is InChI=1S/C6H13NO2.FH/c1-2-3-4-5-7-6(8)9;/h7H,2-5H2,1H3,(H,8,9);1H. The van der Waals surface area contributed by atoms with Crippen molar-refractivity contribution >= 4 is 6.09 Å². The molecule has 3 nitrogen and oxygen atoms in total. The maximum atomic E-state index is 9.85. The van der Waals surface area contributed by atoms with Crippen molar-refractivity contribution in [2.75, 3.05) is 6.54 Å². The predicted molar refractivity (Wildman–Crippen MR) is 38.1 cm³/mol. The highest BCUT2D eigenvalue weighted by Gasteiger charge is 1.90. The second-order valence-corrected chi connectivity index (χ2v) is 1.94. The van der Waals surface area contributed by atoms with Gasteiger partial charge in [-0.2, -0.15) is 0 Å². The van der Waals surface area contributed by atoms with Crippen molar-refractivity contribution < 1.29 is 14.6 Å². The molecule has 0 aliphatic heterocycles. The van der Waals surface area contributed by atoms with Crippen LogP contribution in [0.25, 0.3) is 0 Å². The molecule has 0 spiro atoms. The molecule has 0 aromatic heterocycles. The molecule has 0 aliphatic carbocycles. The van der Waals surface area contributed by atoms with Gasteiger partial charge < -0.3 is 10.4 Å². The quantitative estimate of drug-likeness (QED) is 0.599. The number of nitrogens with one attached hydrogen (secondary N) is 1. The zero-order valence-electron chi connectivity index (χ0n) is 6.09. The number of hydrogen-bond donors (Lipinski definition) is 2. The van der Waals surface area contributed by atoms with Crippen LogP contribution in [0.3, 0.4) is 0 Å². The fourth-order valence-electron chi connectivity index (χ4n) is 0.570. The van der Waals surface area contributed by atoms with Gasteiger partial charge >= 0.3 is 6.09 Å². The lowest BCUT2D eigenvalue weighted by Crippen LogP contribution is -2.21. The van der Waals surface area contributed by atoms with Crippen molar-refractivity contribution in [3.8, 4) is 0 Å². The monoisotopic (exact) mass is 151 g/mol. The minimum atomic E-state index is -0.925. The van der Waals surface area contributed by atoms with Gasteiger partial charge in [0.2, 0.25) is 0 Å². The molecule has 0 aliphatic rings. The predicted octanol–water partition coefficient (Wildman–Crippen LogP) is 1.60. The minimum absolute atomic E-state index is 0. The molecule has 2 N–H and O–H groups in total. The Balaban J connectivity index is 0. The molecular formula is C6H14FNO2. The molecule has 4 heteroatoms. The molecule has 0 aromatic carbocycles. The largest absolute Gasteiger partial charge is 0.465 e. The first-order chi connectivity index (χ1) is 4.27. The molecule has 0 bridgehead atoms. The third kappa shape index (κ3) is 10.2. The van der Waals surface area contributed by atoms with E-state index in [1.807, 2.05) is 0 Å². The van der Waals surface area contributed by atoms with E-state index < -0.39 is 6.09 Å². The van der Waals surface area contributed by atoms with E-state index in [2.05, 4.69) is 12.2 Å². The van der Waals surface area contributed by atoms with Gasteiger partial charge in [-0.3, -0.25) is 4.70 Å². The molecule has 0 radical (unpaired) electrons. The fourth-order valence-corrected chi connectivity index (χ4v) is 0.570. The summed E-state index contributed by atoms with van der Waals surface area (Å²) in [5.74, 6) is 0. The molecule has 0 aromatic rings. The topological polar surface area (TPSA) is 49.3 Å². The van der Waals surface area contributed by atoms with Crippen molar-refractivity contribution in [3.05, 3.63) is 0 Å². The van der Waals surface area contributed by atoms with Crippen molar-refractivity contribution in [1.29, 1.82) is 0 Å². The van der Waals surface area contributed by atoms with E-state index in [0.717, 1.165) is 19.3 Å². The molecule has 0 atom stereocenters. The lowest BCUT2D eigenvalue weighted by molar-refractivity contribution is 0.194. The molecular weight excluding hydrogens is 137 g/mol. The average molecular weight is 151 g/mol. The van der Waals surface area contributed by atoms with Crippen LogP contribution in [0.2, 0.25) is 0 Å². The van der Waals surface area contributed by atoms with E-state index in [0.29, 0.717) is 6.54 Å². The van der Waals surface area contributed by atoms with Crippen LogP contribution in [-0.4, -0.2) is 17.7 Å². The molecule has 1 amide bonds. The summed E-state index contributed by atoms with van der Waals surface area (Å²) in [5, 5.41) is 10.4. The van der Waals surface area contributed by atoms with Crippen LogP contribution in [0.15, 0.2) is 0 Å². The Morgan fingerprint density at radius 3 is 2.50 bits per heavy atom. The first-order valence-corrected chi connectivity index (χ1v) is 3.24. The van der Waals surface area contributed by atoms with Gasteiger partial charge in [0.25, 0.3) is 0 Å². The Morgan fingerprint density at radius 1 is 1.50 bits per heavy atom. The highest BCUT2D eigenvalue weighted by Crippen LogP contribution is 1.90. The highest BCUT2D eigenvalue weighted by atomic mass is 19.0. The number of halogens is 1. The SMILES string of the molecule is CCCCCNC(=O)O.F. The molecule has 0 heterocycles. The Bertz CT molecular complexity index is 87.8. The summed E-state index contributed by atoms with van der Waals surface area (Å²) in [6.45, 7) is 2.67. The number of carbonyl (C=O) groups is 1. The van der Waals surface area contributed by atoms with Gasteiger partial charge in [0.15, 0.2) is 0 Å². The fraction of sp³-hybridized carbons (Fsp3) is 0.833. The molecule has 0 saturated carbocycles. The van der Waals surface area contributed by atoms with Crippen LogP contribution in [0.4, 0.5) is 9.50 Å². The Kier molecular flexibility index (Phi) is 9.79. The first-order valence-electron chi connectivity index (χ1n) is 3.24. The second kappa shape index (κ2) is 8.20. The van der Waals surface area contributed by atoms with Gasteiger partial charge in [-0.1, -0.05) is 19.8 Å². The lowest BCUT2D eigenvalue weighted by Gasteiger charge is -1.96. The summed E-state index contributed by atoms with van der Waals surface area (Å²) in [6, 6.07) is 0. The second-order valence-electron chi connectivity index (χ2n) is 1.94. The van der Waals surface area contributed by atoms with Gasteiger partial charge in [0.1, 0.15) is 0 Å². The molecule has 0 rings (SSSR count). The number of unbranched alkanes of at least 4 members (excludes halogenated alkanes) is 2. The van der Waals surface area contributed by atoms with Crippen LogP contribution in [0.5, 0.6) is 0 Å². The van der Waals surface area contributed by atoms with Crippen LogP contribution in [0, 0.1) is 0 Å². The van der Waals surface area contributed by atoms with Crippen LogP contribution in [-0.2, 0) is 0 Å². The Labute approximate surface area is 59.8 Å². The lowest BCUT2D eigenvalue weighted by atomic mass is 10.2. The van der Waals surface area contributed by atoms with Crippen LogP contribution < -0.4 is 5.32 Å². The molecule has 0 unspecified atom stereocenters. The number of hydrogen-bond acceptors (Lipinski definition) is 1. The number of rotatable bonds is 4. The Hall–Kier alpha value is -0.800. The van der Waals surface area contributed by atoms with Gasteiger partial charge in [-0.15, -0.1) is 0 Å². The summed E-state index contributed by atoms with van der Waals surface area (Å²) in [6.07, 6.45) is 2.25. The van der Waals surface area contributed by atoms with Crippen molar-refractivity contribution in [3.63, 3.8) is 0 Å². The maximum Gasteiger partial charge on any atom is 0.404 e. The summed E-state index contributed by atoms with van der Waals surface area (Å²) < 4.78 is 0. The van der Waals surface area contributed by atoms with Crippen LogP contribution >= 0.6 is 0 Å². The van der Waals surface area contributed by atoms with Gasteiger partial charge in [0, 0.05) is 6.54 Å². The normalized spacial score (nSPS) is 8.10. The van der Waals surface area contributed by atoms with Crippen molar-refractivity contribution in [2.45, 2.75) is 26.2 Å². The van der Waals surface area contributed by atoms with Crippen LogP contribution in [0.1, 0.15) is 26.2 Å². The third-order valence-electron chi connectivity index (χ3n) is 1.06. The summed E-state index contributed by atoms with van der Waals surface area (Å²) in [5.41, 5.74) is 0. The molecule has 0 saturated heterocycles. The van der Waals surface area contributed by atoms with E-state index in [9.17, 15) is 4.79 Å². The average Bonchev–Trinajstić information content (AvgIpc) is 1.80. The molecule has 0 fully saturated rings. The van der Waals surface area contributed by atoms with E-state index >= 15 is 0 Å². The van der Waals surface area contributed by atoms with E-state index in [-0.39, 0.29) is 4.70 Å². The summed E-state index contributed by atoms with van der Waals surface area (Å²) >= 11 is 0. The smallest absolute Gasteiger partial charge is 0.404 e.